The molecule has 3 N–H and O–H groups in total. The van der Waals surface area contributed by atoms with Crippen molar-refractivity contribution < 1.29 is 13.9 Å². The van der Waals surface area contributed by atoms with Crippen molar-refractivity contribution in [2.45, 2.75) is 51.4 Å². The number of hydrogen-bond donors (Lipinski definition) is 3. The normalized spacial score (nSPS) is 16.2. The third-order valence-corrected chi connectivity index (χ3v) is 5.25. The van der Waals surface area contributed by atoms with Crippen molar-refractivity contribution in [3.63, 3.8) is 0 Å². The molecule has 31 heavy (non-hydrogen) atoms. The van der Waals surface area contributed by atoms with E-state index in [0.717, 1.165) is 54.1 Å². The van der Waals surface area contributed by atoms with E-state index < -0.39 is 0 Å². The Morgan fingerprint density at radius 1 is 1.23 bits per heavy atom. The molecule has 1 fully saturated rings. The van der Waals surface area contributed by atoms with Crippen molar-refractivity contribution in [1.29, 1.82) is 5.41 Å². The van der Waals surface area contributed by atoms with Crippen LogP contribution in [0.15, 0.2) is 36.4 Å². The van der Waals surface area contributed by atoms with Crippen LogP contribution < -0.4 is 10.6 Å². The van der Waals surface area contributed by atoms with Crippen LogP contribution in [0.2, 0.25) is 0 Å². The van der Waals surface area contributed by atoms with Crippen LogP contribution in [-0.2, 0) is 9.47 Å². The first-order chi connectivity index (χ1) is 14.9. The van der Waals surface area contributed by atoms with E-state index in [2.05, 4.69) is 22.5 Å². The molecule has 2 aromatic carbocycles. The van der Waals surface area contributed by atoms with Gasteiger partial charge in [-0.05, 0) is 69.5 Å². The molecule has 0 spiro atoms. The van der Waals surface area contributed by atoms with Gasteiger partial charge in [-0.15, -0.1) is 0 Å². The van der Waals surface area contributed by atoms with E-state index in [-0.39, 0.29) is 17.6 Å². The Morgan fingerprint density at radius 2 is 2.00 bits per heavy atom. The number of rotatable bonds is 7. The highest BCUT2D eigenvalue weighted by Crippen LogP contribution is 2.29. The molecule has 0 radical (unpaired) electrons. The number of hydrogen-bond acceptors (Lipinski definition) is 5. The summed E-state index contributed by atoms with van der Waals surface area (Å²) in [6.07, 6.45) is 4.92. The monoisotopic (exact) mass is 423 g/mol. The first-order valence-electron chi connectivity index (χ1n) is 10.5. The minimum absolute atomic E-state index is 0.0726. The van der Waals surface area contributed by atoms with Gasteiger partial charge in [0.1, 0.15) is 12.0 Å². The predicted octanol–water partition coefficient (Wildman–Crippen LogP) is 5.67. The SMILES string of the molecule is COC(C)(C)CC#Cc1cc(NC2CCCCO2)c(C=N)cc1Nc1ccc(F)cc1. The number of methoxy groups -OCH3 is 1. The maximum Gasteiger partial charge on any atom is 0.127 e. The topological polar surface area (TPSA) is 66.4 Å². The van der Waals surface area contributed by atoms with Gasteiger partial charge >= 0.3 is 0 Å². The van der Waals surface area contributed by atoms with Crippen molar-refractivity contribution in [3.05, 3.63) is 53.3 Å². The summed E-state index contributed by atoms with van der Waals surface area (Å²) in [4.78, 5) is 0. The number of anilines is 3. The van der Waals surface area contributed by atoms with Crippen LogP contribution in [0.5, 0.6) is 0 Å². The molecule has 0 saturated carbocycles. The lowest BCUT2D eigenvalue weighted by Crippen LogP contribution is -2.27. The van der Waals surface area contributed by atoms with E-state index in [1.54, 1.807) is 19.2 Å². The zero-order valence-electron chi connectivity index (χ0n) is 18.3. The summed E-state index contributed by atoms with van der Waals surface area (Å²) in [7, 11) is 1.67. The number of nitrogens with one attached hydrogen (secondary N) is 3. The molecule has 3 rings (SSSR count). The predicted molar refractivity (Wildman–Crippen MR) is 124 cm³/mol. The quantitative estimate of drug-likeness (QED) is 0.396. The summed E-state index contributed by atoms with van der Waals surface area (Å²) in [5.41, 5.74) is 3.46. The lowest BCUT2D eigenvalue weighted by molar-refractivity contribution is 0.0273. The third-order valence-electron chi connectivity index (χ3n) is 5.25. The van der Waals surface area contributed by atoms with Crippen molar-refractivity contribution in [2.75, 3.05) is 24.4 Å². The van der Waals surface area contributed by atoms with E-state index >= 15 is 0 Å². The molecule has 2 aromatic rings. The summed E-state index contributed by atoms with van der Waals surface area (Å²) >= 11 is 0. The molecule has 1 unspecified atom stereocenters. The molecular formula is C25H30FN3O2. The van der Waals surface area contributed by atoms with E-state index in [1.165, 1.54) is 18.3 Å². The molecule has 1 aliphatic heterocycles. The fraction of sp³-hybridized carbons (Fsp3) is 0.400. The summed E-state index contributed by atoms with van der Waals surface area (Å²) in [5.74, 6) is 6.16. The van der Waals surface area contributed by atoms with Gasteiger partial charge in [-0.2, -0.15) is 0 Å². The molecular weight excluding hydrogens is 393 g/mol. The van der Waals surface area contributed by atoms with E-state index in [1.807, 2.05) is 26.0 Å². The molecule has 6 heteroatoms. The summed E-state index contributed by atoms with van der Waals surface area (Å²) < 4.78 is 24.6. The standard InChI is InChI=1S/C25H30FN3O2/c1-25(2,30-3)13-6-7-18-15-23(29-24-8-4-5-14-31-24)19(17-27)16-22(18)28-21-11-9-20(26)10-12-21/h9-12,15-17,24,27-29H,4-5,8,13-14H2,1-3H3. The van der Waals surface area contributed by atoms with Crippen molar-refractivity contribution in [3.8, 4) is 11.8 Å². The first kappa shape index (κ1) is 22.8. The third kappa shape index (κ3) is 6.55. The van der Waals surface area contributed by atoms with Crippen LogP contribution in [-0.4, -0.2) is 31.8 Å². The van der Waals surface area contributed by atoms with Crippen molar-refractivity contribution >= 4 is 23.3 Å². The average Bonchev–Trinajstić information content (AvgIpc) is 2.77. The Labute approximate surface area is 183 Å². The molecule has 1 saturated heterocycles. The van der Waals surface area contributed by atoms with Gasteiger partial charge in [0.2, 0.25) is 0 Å². The highest BCUT2D eigenvalue weighted by atomic mass is 19.1. The van der Waals surface area contributed by atoms with Crippen LogP contribution in [0.25, 0.3) is 0 Å². The van der Waals surface area contributed by atoms with Crippen LogP contribution >= 0.6 is 0 Å². The van der Waals surface area contributed by atoms with Crippen LogP contribution in [0.1, 0.15) is 50.7 Å². The Bertz CT molecular complexity index is 955. The Morgan fingerprint density at radius 3 is 2.65 bits per heavy atom. The second-order valence-electron chi connectivity index (χ2n) is 8.20. The van der Waals surface area contributed by atoms with Gasteiger partial charge in [0, 0.05) is 43.3 Å². The summed E-state index contributed by atoms with van der Waals surface area (Å²) in [6.45, 7) is 4.72. The minimum Gasteiger partial charge on any atom is -0.378 e. The molecule has 0 aromatic heterocycles. The molecule has 164 valence electrons. The lowest BCUT2D eigenvalue weighted by atomic mass is 10.0. The van der Waals surface area contributed by atoms with Crippen molar-refractivity contribution in [1.82, 2.24) is 0 Å². The van der Waals surface area contributed by atoms with E-state index in [0.29, 0.717) is 6.42 Å². The van der Waals surface area contributed by atoms with Crippen LogP contribution in [0.4, 0.5) is 21.5 Å². The van der Waals surface area contributed by atoms with Gasteiger partial charge in [0.05, 0.1) is 16.9 Å². The smallest absolute Gasteiger partial charge is 0.127 e. The average molecular weight is 424 g/mol. The summed E-state index contributed by atoms with van der Waals surface area (Å²) in [5, 5.41) is 14.6. The van der Waals surface area contributed by atoms with Gasteiger partial charge in [-0.25, -0.2) is 4.39 Å². The Hall–Kier alpha value is -2.88. The number of ether oxygens (including phenoxy) is 2. The zero-order chi connectivity index (χ0) is 22.3. The van der Waals surface area contributed by atoms with E-state index in [9.17, 15) is 4.39 Å². The zero-order valence-corrected chi connectivity index (χ0v) is 18.3. The second kappa shape index (κ2) is 10.4. The van der Waals surface area contributed by atoms with Gasteiger partial charge in [0.15, 0.2) is 0 Å². The fourth-order valence-electron chi connectivity index (χ4n) is 3.21. The molecule has 1 aliphatic rings. The molecule has 0 amide bonds. The van der Waals surface area contributed by atoms with E-state index in [4.69, 9.17) is 14.9 Å². The van der Waals surface area contributed by atoms with Crippen LogP contribution in [0.3, 0.4) is 0 Å². The van der Waals surface area contributed by atoms with Gasteiger partial charge in [-0.1, -0.05) is 11.8 Å². The number of benzene rings is 2. The minimum atomic E-state index is -0.344. The molecule has 5 nitrogen and oxygen atoms in total. The van der Waals surface area contributed by atoms with Gasteiger partial charge in [0.25, 0.3) is 0 Å². The van der Waals surface area contributed by atoms with Crippen LogP contribution in [0, 0.1) is 23.1 Å². The number of halogens is 1. The Balaban J connectivity index is 1.95. The maximum atomic E-state index is 13.3. The highest BCUT2D eigenvalue weighted by Gasteiger charge is 2.17. The first-order valence-corrected chi connectivity index (χ1v) is 10.5. The molecule has 0 bridgehead atoms. The molecule has 1 heterocycles. The fourth-order valence-corrected chi connectivity index (χ4v) is 3.21. The highest BCUT2D eigenvalue weighted by molar-refractivity contribution is 5.90. The maximum absolute atomic E-state index is 13.3. The summed E-state index contributed by atoms with van der Waals surface area (Å²) in [6, 6.07) is 9.98. The van der Waals surface area contributed by atoms with Crippen molar-refractivity contribution in [2.24, 2.45) is 0 Å². The molecule has 1 atom stereocenters. The lowest BCUT2D eigenvalue weighted by Gasteiger charge is -2.25. The van der Waals surface area contributed by atoms with Gasteiger partial charge < -0.3 is 25.5 Å². The van der Waals surface area contributed by atoms with Gasteiger partial charge in [-0.3, -0.25) is 0 Å². The second-order valence-corrected chi connectivity index (χ2v) is 8.20. The molecule has 0 aliphatic carbocycles. The Kier molecular flexibility index (Phi) is 7.67. The largest absolute Gasteiger partial charge is 0.378 e.